The van der Waals surface area contributed by atoms with Crippen molar-refractivity contribution in [2.24, 2.45) is 0 Å². The molecule has 0 fully saturated rings. The molecule has 0 aliphatic carbocycles. The molecule has 0 unspecified atom stereocenters. The predicted molar refractivity (Wildman–Crippen MR) is 127 cm³/mol. The Bertz CT molecular complexity index is 1400. The molecule has 5 rings (SSSR count). The second kappa shape index (κ2) is 8.26. The maximum atomic E-state index is 10.2. The molecular formula is C26H25N5O2. The Morgan fingerprint density at radius 1 is 0.939 bits per heavy atom. The van der Waals surface area contributed by atoms with Crippen molar-refractivity contribution in [1.82, 2.24) is 24.7 Å². The van der Waals surface area contributed by atoms with Crippen molar-refractivity contribution in [3.8, 4) is 34.0 Å². The Morgan fingerprint density at radius 3 is 2.42 bits per heavy atom. The Morgan fingerprint density at radius 2 is 1.70 bits per heavy atom. The third-order valence-electron chi connectivity index (χ3n) is 5.51. The van der Waals surface area contributed by atoms with Crippen molar-refractivity contribution in [1.29, 1.82) is 0 Å². The van der Waals surface area contributed by atoms with E-state index in [9.17, 15) is 5.11 Å². The number of hydrogen-bond acceptors (Lipinski definition) is 6. The molecule has 7 heteroatoms. The zero-order valence-corrected chi connectivity index (χ0v) is 18.9. The second-order valence-electron chi connectivity index (χ2n) is 8.84. The summed E-state index contributed by atoms with van der Waals surface area (Å²) in [6, 6.07) is 18.0. The van der Waals surface area contributed by atoms with Crippen LogP contribution in [0.1, 0.15) is 25.8 Å². The van der Waals surface area contributed by atoms with Crippen LogP contribution in [-0.4, -0.2) is 35.4 Å². The number of benzene rings is 2. The molecule has 7 nitrogen and oxygen atoms in total. The van der Waals surface area contributed by atoms with Crippen LogP contribution in [0.2, 0.25) is 0 Å². The van der Waals surface area contributed by atoms with Gasteiger partial charge in [0.05, 0.1) is 5.60 Å². The highest BCUT2D eigenvalue weighted by molar-refractivity contribution is 5.92. The Kier molecular flexibility index (Phi) is 5.26. The summed E-state index contributed by atoms with van der Waals surface area (Å²) < 4.78 is 7.81. The van der Waals surface area contributed by atoms with Crippen molar-refractivity contribution >= 4 is 11.2 Å². The SMILES string of the molecule is Cc1ccc(-c2nn(CCC(C)(C)O)cc2-c2ncnc3oc(-c4ccccc4)nc23)cc1. The van der Waals surface area contributed by atoms with E-state index in [1.807, 2.05) is 41.2 Å². The third-order valence-corrected chi connectivity index (χ3v) is 5.51. The van der Waals surface area contributed by atoms with Gasteiger partial charge in [-0.3, -0.25) is 4.68 Å². The first-order valence-corrected chi connectivity index (χ1v) is 10.9. The number of aromatic nitrogens is 5. The Balaban J connectivity index is 1.65. The van der Waals surface area contributed by atoms with E-state index in [1.54, 1.807) is 13.8 Å². The van der Waals surface area contributed by atoms with Gasteiger partial charge < -0.3 is 9.52 Å². The number of aliphatic hydroxyl groups is 1. The molecule has 0 radical (unpaired) electrons. The summed E-state index contributed by atoms with van der Waals surface area (Å²) >= 11 is 0. The molecular weight excluding hydrogens is 414 g/mol. The lowest BCUT2D eigenvalue weighted by atomic mass is 10.0. The fourth-order valence-corrected chi connectivity index (χ4v) is 3.68. The molecule has 0 atom stereocenters. The summed E-state index contributed by atoms with van der Waals surface area (Å²) in [4.78, 5) is 13.6. The highest BCUT2D eigenvalue weighted by atomic mass is 16.4. The maximum Gasteiger partial charge on any atom is 0.251 e. The fourth-order valence-electron chi connectivity index (χ4n) is 3.68. The van der Waals surface area contributed by atoms with Gasteiger partial charge in [0.1, 0.15) is 17.7 Å². The molecule has 3 heterocycles. The summed E-state index contributed by atoms with van der Waals surface area (Å²) in [5, 5.41) is 15.0. The lowest BCUT2D eigenvalue weighted by Gasteiger charge is -2.16. The molecule has 0 bridgehead atoms. The lowest BCUT2D eigenvalue weighted by molar-refractivity contribution is 0.0651. The lowest BCUT2D eigenvalue weighted by Crippen LogP contribution is -2.21. The van der Waals surface area contributed by atoms with Gasteiger partial charge in [0.2, 0.25) is 5.89 Å². The van der Waals surface area contributed by atoms with E-state index in [0.717, 1.165) is 22.4 Å². The van der Waals surface area contributed by atoms with E-state index in [4.69, 9.17) is 14.5 Å². The number of rotatable bonds is 6. The van der Waals surface area contributed by atoms with E-state index in [2.05, 4.69) is 41.2 Å². The van der Waals surface area contributed by atoms with Gasteiger partial charge in [0.15, 0.2) is 5.52 Å². The van der Waals surface area contributed by atoms with Gasteiger partial charge >= 0.3 is 0 Å². The van der Waals surface area contributed by atoms with Crippen molar-refractivity contribution in [2.75, 3.05) is 0 Å². The van der Waals surface area contributed by atoms with Crippen LogP contribution in [0.25, 0.3) is 45.2 Å². The van der Waals surface area contributed by atoms with E-state index in [0.29, 0.717) is 35.8 Å². The number of hydrogen-bond donors (Lipinski definition) is 1. The van der Waals surface area contributed by atoms with E-state index in [1.165, 1.54) is 11.9 Å². The van der Waals surface area contributed by atoms with Crippen LogP contribution in [-0.2, 0) is 6.54 Å². The maximum absolute atomic E-state index is 10.2. The number of oxazole rings is 1. The molecule has 3 aromatic heterocycles. The van der Waals surface area contributed by atoms with Gasteiger partial charge in [-0.2, -0.15) is 10.1 Å². The predicted octanol–water partition coefficient (Wildman–Crippen LogP) is 5.28. The molecule has 0 aliphatic heterocycles. The highest BCUT2D eigenvalue weighted by Gasteiger charge is 2.21. The van der Waals surface area contributed by atoms with Crippen LogP contribution in [0, 0.1) is 6.92 Å². The van der Waals surface area contributed by atoms with E-state index < -0.39 is 5.60 Å². The monoisotopic (exact) mass is 439 g/mol. The molecule has 0 spiro atoms. The zero-order valence-electron chi connectivity index (χ0n) is 18.9. The molecule has 5 aromatic rings. The minimum Gasteiger partial charge on any atom is -0.418 e. The van der Waals surface area contributed by atoms with Gasteiger partial charge in [0.25, 0.3) is 5.71 Å². The van der Waals surface area contributed by atoms with Crippen LogP contribution in [0.5, 0.6) is 0 Å². The summed E-state index contributed by atoms with van der Waals surface area (Å²) in [5.41, 5.74) is 5.58. The summed E-state index contributed by atoms with van der Waals surface area (Å²) in [6.07, 6.45) is 4.02. The third kappa shape index (κ3) is 4.40. The average molecular weight is 440 g/mol. The Hall–Kier alpha value is -3.84. The summed E-state index contributed by atoms with van der Waals surface area (Å²) in [7, 11) is 0. The van der Waals surface area contributed by atoms with Crippen LogP contribution in [0.3, 0.4) is 0 Å². The normalized spacial score (nSPS) is 11.9. The fraction of sp³-hybridized carbons (Fsp3) is 0.231. The molecule has 2 aromatic carbocycles. The average Bonchev–Trinajstić information content (AvgIpc) is 3.43. The minimum absolute atomic E-state index is 0.429. The zero-order chi connectivity index (χ0) is 23.0. The molecule has 0 saturated carbocycles. The number of fused-ring (bicyclic) bond motifs is 1. The van der Waals surface area contributed by atoms with Gasteiger partial charge in [0, 0.05) is 29.4 Å². The minimum atomic E-state index is -0.783. The van der Waals surface area contributed by atoms with Crippen molar-refractivity contribution in [3.63, 3.8) is 0 Å². The van der Waals surface area contributed by atoms with Crippen LogP contribution < -0.4 is 0 Å². The first-order chi connectivity index (χ1) is 15.9. The summed E-state index contributed by atoms with van der Waals surface area (Å²) in [5.74, 6) is 0.499. The van der Waals surface area contributed by atoms with Crippen molar-refractivity contribution < 1.29 is 9.52 Å². The number of aryl methyl sites for hydroxylation is 2. The molecule has 33 heavy (non-hydrogen) atoms. The van der Waals surface area contributed by atoms with E-state index in [-0.39, 0.29) is 0 Å². The topological polar surface area (TPSA) is 89.9 Å². The first-order valence-electron chi connectivity index (χ1n) is 10.9. The van der Waals surface area contributed by atoms with Gasteiger partial charge in [-0.15, -0.1) is 0 Å². The van der Waals surface area contributed by atoms with Gasteiger partial charge in [-0.05, 0) is 39.3 Å². The van der Waals surface area contributed by atoms with E-state index >= 15 is 0 Å². The molecule has 0 aliphatic rings. The van der Waals surface area contributed by atoms with Crippen LogP contribution in [0.15, 0.2) is 71.5 Å². The molecule has 0 amide bonds. The highest BCUT2D eigenvalue weighted by Crippen LogP contribution is 2.35. The molecule has 0 saturated heterocycles. The molecule has 1 N–H and O–H groups in total. The van der Waals surface area contributed by atoms with Gasteiger partial charge in [-0.25, -0.2) is 9.97 Å². The standard InChI is InChI=1S/C26H25N5O2/c1-17-9-11-18(12-10-17)21-20(15-31(30-21)14-13-26(2,3)32)22-23-25(28-16-27-22)33-24(29-23)19-7-5-4-6-8-19/h4-12,15-16,32H,13-14H2,1-3H3. The largest absolute Gasteiger partial charge is 0.418 e. The van der Waals surface area contributed by atoms with Crippen molar-refractivity contribution in [2.45, 2.75) is 39.3 Å². The number of nitrogens with zero attached hydrogens (tertiary/aromatic N) is 5. The van der Waals surface area contributed by atoms with Gasteiger partial charge in [-0.1, -0.05) is 48.0 Å². The van der Waals surface area contributed by atoms with Crippen molar-refractivity contribution in [3.05, 3.63) is 72.7 Å². The van der Waals surface area contributed by atoms with Crippen LogP contribution >= 0.6 is 0 Å². The first kappa shape index (κ1) is 21.0. The Labute approximate surface area is 191 Å². The smallest absolute Gasteiger partial charge is 0.251 e. The molecule has 166 valence electrons. The second-order valence-corrected chi connectivity index (χ2v) is 8.84. The van der Waals surface area contributed by atoms with Crippen LogP contribution in [0.4, 0.5) is 0 Å². The summed E-state index contributed by atoms with van der Waals surface area (Å²) in [6.45, 7) is 6.23. The quantitative estimate of drug-likeness (QED) is 0.387.